The van der Waals surface area contributed by atoms with E-state index >= 15 is 0 Å². The second-order valence-electron chi connectivity index (χ2n) is 8.21. The highest BCUT2D eigenvalue weighted by atomic mass is 16.4. The highest BCUT2D eigenvalue weighted by Crippen LogP contribution is 2.28. The standard InChI is InChI=1S/C25H31N3O2/c1-19-23(18-20-8-10-21(11-9-20)25(29)30)22-6-2-3-7-24(22)28(19)15-5-4-14-27-16-12-26-13-17-27/h2-3,6-11,26H,4-5,12-18H2,1H3,(H,29,30). The zero-order chi connectivity index (χ0) is 20.9. The lowest BCUT2D eigenvalue weighted by Crippen LogP contribution is -2.43. The molecule has 30 heavy (non-hydrogen) atoms. The summed E-state index contributed by atoms with van der Waals surface area (Å²) < 4.78 is 2.47. The zero-order valence-electron chi connectivity index (χ0n) is 17.7. The predicted molar refractivity (Wildman–Crippen MR) is 121 cm³/mol. The van der Waals surface area contributed by atoms with Gasteiger partial charge in [-0.15, -0.1) is 0 Å². The number of carboxylic acids is 1. The summed E-state index contributed by atoms with van der Waals surface area (Å²) in [5, 5.41) is 13.9. The van der Waals surface area contributed by atoms with E-state index in [1.165, 1.54) is 41.5 Å². The lowest BCUT2D eigenvalue weighted by atomic mass is 10.0. The minimum Gasteiger partial charge on any atom is -0.478 e. The smallest absolute Gasteiger partial charge is 0.335 e. The maximum atomic E-state index is 11.1. The van der Waals surface area contributed by atoms with Crippen molar-refractivity contribution in [1.82, 2.24) is 14.8 Å². The maximum absolute atomic E-state index is 11.1. The molecule has 0 radical (unpaired) electrons. The van der Waals surface area contributed by atoms with Crippen LogP contribution >= 0.6 is 0 Å². The lowest BCUT2D eigenvalue weighted by molar-refractivity contribution is 0.0697. The summed E-state index contributed by atoms with van der Waals surface area (Å²) in [6, 6.07) is 15.9. The number of benzene rings is 2. The third kappa shape index (κ3) is 4.58. The maximum Gasteiger partial charge on any atom is 0.335 e. The van der Waals surface area contributed by atoms with Crippen LogP contribution in [-0.4, -0.2) is 53.3 Å². The summed E-state index contributed by atoms with van der Waals surface area (Å²) in [5.41, 5.74) is 5.44. The Hall–Kier alpha value is -2.63. The molecule has 1 fully saturated rings. The number of hydrogen-bond acceptors (Lipinski definition) is 3. The van der Waals surface area contributed by atoms with Gasteiger partial charge in [0.25, 0.3) is 0 Å². The number of fused-ring (bicyclic) bond motifs is 1. The quantitative estimate of drug-likeness (QED) is 0.558. The molecule has 1 aliphatic rings. The summed E-state index contributed by atoms with van der Waals surface area (Å²) in [5.74, 6) is -0.879. The van der Waals surface area contributed by atoms with Gasteiger partial charge in [-0.05, 0) is 62.1 Å². The molecule has 2 N–H and O–H groups in total. The zero-order valence-corrected chi connectivity index (χ0v) is 17.7. The number of aryl methyl sites for hydroxylation is 1. The second-order valence-corrected chi connectivity index (χ2v) is 8.21. The Kier molecular flexibility index (Phi) is 6.50. The van der Waals surface area contributed by atoms with Crippen LogP contribution in [0, 0.1) is 6.92 Å². The molecule has 0 unspecified atom stereocenters. The van der Waals surface area contributed by atoms with Crippen molar-refractivity contribution >= 4 is 16.9 Å². The minimum atomic E-state index is -0.879. The Bertz CT molecular complexity index is 1000. The molecule has 3 aromatic rings. The van der Waals surface area contributed by atoms with Gasteiger partial charge in [0, 0.05) is 49.3 Å². The fraction of sp³-hybridized carbons (Fsp3) is 0.400. The molecular formula is C25H31N3O2. The highest BCUT2D eigenvalue weighted by Gasteiger charge is 2.15. The molecular weight excluding hydrogens is 374 g/mol. The number of aromatic nitrogens is 1. The van der Waals surface area contributed by atoms with E-state index in [1.807, 2.05) is 12.1 Å². The van der Waals surface area contributed by atoms with Crippen LogP contribution in [0.4, 0.5) is 0 Å². The second kappa shape index (κ2) is 9.45. The first kappa shape index (κ1) is 20.6. The molecule has 1 aromatic heterocycles. The van der Waals surface area contributed by atoms with Crippen LogP contribution in [0.1, 0.15) is 40.0 Å². The van der Waals surface area contributed by atoms with Crippen LogP contribution in [0.15, 0.2) is 48.5 Å². The van der Waals surface area contributed by atoms with Crippen molar-refractivity contribution in [2.75, 3.05) is 32.7 Å². The van der Waals surface area contributed by atoms with Gasteiger partial charge in [-0.2, -0.15) is 0 Å². The van der Waals surface area contributed by atoms with Crippen LogP contribution < -0.4 is 5.32 Å². The van der Waals surface area contributed by atoms with Gasteiger partial charge >= 0.3 is 5.97 Å². The number of nitrogens with zero attached hydrogens (tertiary/aromatic N) is 2. The van der Waals surface area contributed by atoms with Crippen LogP contribution in [0.5, 0.6) is 0 Å². The summed E-state index contributed by atoms with van der Waals surface area (Å²) >= 11 is 0. The number of piperazine rings is 1. The van der Waals surface area contributed by atoms with E-state index in [2.05, 4.69) is 46.0 Å². The van der Waals surface area contributed by atoms with Crippen molar-refractivity contribution in [2.45, 2.75) is 32.7 Å². The molecule has 0 atom stereocenters. The molecule has 4 rings (SSSR count). The number of carboxylic acid groups (broad SMARTS) is 1. The molecule has 0 amide bonds. The number of nitrogens with one attached hydrogen (secondary N) is 1. The molecule has 1 aliphatic heterocycles. The van der Waals surface area contributed by atoms with E-state index in [-0.39, 0.29) is 0 Å². The number of unbranched alkanes of at least 4 members (excludes halogenated alkanes) is 1. The number of para-hydroxylation sites is 1. The van der Waals surface area contributed by atoms with E-state index in [0.29, 0.717) is 5.56 Å². The molecule has 0 saturated carbocycles. The number of carbonyl (C=O) groups is 1. The Morgan fingerprint density at radius 1 is 1.00 bits per heavy atom. The summed E-state index contributed by atoms with van der Waals surface area (Å²) in [6.45, 7) is 8.99. The van der Waals surface area contributed by atoms with Gasteiger partial charge in [-0.25, -0.2) is 4.79 Å². The van der Waals surface area contributed by atoms with Gasteiger partial charge in [-0.3, -0.25) is 0 Å². The average Bonchev–Trinajstić information content (AvgIpc) is 3.03. The van der Waals surface area contributed by atoms with Crippen LogP contribution in [0.3, 0.4) is 0 Å². The molecule has 0 aliphatic carbocycles. The summed E-state index contributed by atoms with van der Waals surface area (Å²) in [7, 11) is 0. The fourth-order valence-corrected chi connectivity index (χ4v) is 4.52. The fourth-order valence-electron chi connectivity index (χ4n) is 4.52. The Morgan fingerprint density at radius 2 is 1.70 bits per heavy atom. The van der Waals surface area contributed by atoms with Gasteiger partial charge in [0.1, 0.15) is 0 Å². The molecule has 0 spiro atoms. The molecule has 5 nitrogen and oxygen atoms in total. The van der Waals surface area contributed by atoms with E-state index in [1.54, 1.807) is 12.1 Å². The van der Waals surface area contributed by atoms with Crippen molar-refractivity contribution in [3.05, 3.63) is 70.9 Å². The Morgan fingerprint density at radius 3 is 2.43 bits per heavy atom. The lowest BCUT2D eigenvalue weighted by Gasteiger charge is -2.27. The van der Waals surface area contributed by atoms with Gasteiger partial charge in [0.15, 0.2) is 0 Å². The monoisotopic (exact) mass is 405 g/mol. The van der Waals surface area contributed by atoms with E-state index in [9.17, 15) is 4.79 Å². The molecule has 158 valence electrons. The van der Waals surface area contributed by atoms with Gasteiger partial charge < -0.3 is 19.9 Å². The van der Waals surface area contributed by atoms with Gasteiger partial charge in [-0.1, -0.05) is 30.3 Å². The minimum absolute atomic E-state index is 0.336. The molecule has 0 bridgehead atoms. The van der Waals surface area contributed by atoms with Crippen molar-refractivity contribution in [3.63, 3.8) is 0 Å². The van der Waals surface area contributed by atoms with Crippen molar-refractivity contribution < 1.29 is 9.90 Å². The first-order chi connectivity index (χ1) is 14.6. The van der Waals surface area contributed by atoms with E-state index in [4.69, 9.17) is 5.11 Å². The van der Waals surface area contributed by atoms with Gasteiger partial charge in [0.2, 0.25) is 0 Å². The van der Waals surface area contributed by atoms with E-state index in [0.717, 1.165) is 44.7 Å². The van der Waals surface area contributed by atoms with E-state index < -0.39 is 5.97 Å². The first-order valence-corrected chi connectivity index (χ1v) is 11.0. The molecule has 1 saturated heterocycles. The van der Waals surface area contributed by atoms with Crippen molar-refractivity contribution in [1.29, 1.82) is 0 Å². The normalized spacial score (nSPS) is 15.0. The molecule has 2 aromatic carbocycles. The van der Waals surface area contributed by atoms with Gasteiger partial charge in [0.05, 0.1) is 5.56 Å². The largest absolute Gasteiger partial charge is 0.478 e. The summed E-state index contributed by atoms with van der Waals surface area (Å²) in [4.78, 5) is 13.7. The van der Waals surface area contributed by atoms with Crippen molar-refractivity contribution in [3.8, 4) is 0 Å². The predicted octanol–water partition coefficient (Wildman–Crippen LogP) is 3.92. The average molecular weight is 406 g/mol. The summed E-state index contributed by atoms with van der Waals surface area (Å²) in [6.07, 6.45) is 3.22. The van der Waals surface area contributed by atoms with Crippen LogP contribution in [0.2, 0.25) is 0 Å². The molecule has 5 heteroatoms. The third-order valence-electron chi connectivity index (χ3n) is 6.26. The third-order valence-corrected chi connectivity index (χ3v) is 6.26. The highest BCUT2D eigenvalue weighted by molar-refractivity contribution is 5.88. The molecule has 2 heterocycles. The van der Waals surface area contributed by atoms with Crippen LogP contribution in [-0.2, 0) is 13.0 Å². The number of aromatic carboxylic acids is 1. The van der Waals surface area contributed by atoms with Crippen molar-refractivity contribution in [2.24, 2.45) is 0 Å². The topological polar surface area (TPSA) is 57.5 Å². The first-order valence-electron chi connectivity index (χ1n) is 11.0. The Balaban J connectivity index is 1.48. The number of hydrogen-bond donors (Lipinski definition) is 2. The van der Waals surface area contributed by atoms with Crippen LogP contribution in [0.25, 0.3) is 10.9 Å². The Labute approximate surface area is 178 Å². The SMILES string of the molecule is Cc1c(Cc2ccc(C(=O)O)cc2)c2ccccc2n1CCCCN1CCNCC1. The number of rotatable bonds is 8.